The van der Waals surface area contributed by atoms with Crippen molar-refractivity contribution in [3.05, 3.63) is 0 Å². The van der Waals surface area contributed by atoms with Crippen LogP contribution in [-0.2, 0) is 9.53 Å². The molecule has 3 unspecified atom stereocenters. The molecule has 0 amide bonds. The van der Waals surface area contributed by atoms with Crippen molar-refractivity contribution >= 4 is 5.97 Å². The predicted octanol–water partition coefficient (Wildman–Crippen LogP) is 0.545. The highest BCUT2D eigenvalue weighted by Crippen LogP contribution is 2.47. The van der Waals surface area contributed by atoms with E-state index in [1.165, 1.54) is 7.11 Å². The van der Waals surface area contributed by atoms with Crippen molar-refractivity contribution in [3.63, 3.8) is 0 Å². The van der Waals surface area contributed by atoms with Crippen LogP contribution in [0.15, 0.2) is 0 Å². The number of nitrogens with one attached hydrogen (secondary N) is 1. The number of halogens is 2. The van der Waals surface area contributed by atoms with Gasteiger partial charge in [-0.05, 0) is 6.42 Å². The average Bonchev–Trinajstić information content (AvgIpc) is 2.57. The lowest BCUT2D eigenvalue weighted by Gasteiger charge is -2.28. The molecule has 13 heavy (non-hydrogen) atoms. The Labute approximate surface area is 74.4 Å². The molecule has 2 rings (SSSR count). The van der Waals surface area contributed by atoms with Crippen LogP contribution < -0.4 is 5.32 Å². The van der Waals surface area contributed by atoms with Crippen LogP contribution in [-0.4, -0.2) is 31.1 Å². The lowest BCUT2D eigenvalue weighted by atomic mass is 9.96. The van der Waals surface area contributed by atoms with Gasteiger partial charge in [0.25, 0.3) is 5.92 Å². The number of hydrogen-bond acceptors (Lipinski definition) is 3. The van der Waals surface area contributed by atoms with E-state index in [2.05, 4.69) is 10.1 Å². The number of fused-ring (bicyclic) bond motifs is 2. The number of esters is 1. The molecule has 3 nitrogen and oxygen atoms in total. The second-order valence-corrected chi connectivity index (χ2v) is 3.67. The molecule has 2 aliphatic rings. The van der Waals surface area contributed by atoms with Gasteiger partial charge in [-0.1, -0.05) is 0 Å². The monoisotopic (exact) mass is 191 g/mol. The number of piperidine rings is 1. The molecular weight excluding hydrogens is 180 g/mol. The van der Waals surface area contributed by atoms with Gasteiger partial charge in [0, 0.05) is 12.5 Å². The summed E-state index contributed by atoms with van der Waals surface area (Å²) in [6.07, 6.45) is 0.234. The van der Waals surface area contributed by atoms with Crippen LogP contribution in [0.1, 0.15) is 12.8 Å². The number of rotatable bonds is 1. The highest BCUT2D eigenvalue weighted by Gasteiger charge is 2.59. The predicted molar refractivity (Wildman–Crippen MR) is 40.4 cm³/mol. The molecule has 1 saturated heterocycles. The number of alkyl halides is 2. The molecule has 1 saturated carbocycles. The second kappa shape index (κ2) is 2.64. The summed E-state index contributed by atoms with van der Waals surface area (Å²) in [7, 11) is 1.22. The van der Waals surface area contributed by atoms with Crippen LogP contribution in [0, 0.1) is 5.92 Å². The minimum absolute atomic E-state index is 0.148. The largest absolute Gasteiger partial charge is 0.468 e. The molecule has 0 aromatic carbocycles. The van der Waals surface area contributed by atoms with Crippen molar-refractivity contribution in [3.8, 4) is 0 Å². The smallest absolute Gasteiger partial charge is 0.323 e. The van der Waals surface area contributed by atoms with E-state index in [0.717, 1.165) is 0 Å². The van der Waals surface area contributed by atoms with E-state index < -0.39 is 23.9 Å². The molecule has 2 fully saturated rings. The second-order valence-electron chi connectivity index (χ2n) is 3.67. The minimum atomic E-state index is -2.70. The Morgan fingerprint density at radius 2 is 2.31 bits per heavy atom. The van der Waals surface area contributed by atoms with Crippen LogP contribution in [0.5, 0.6) is 0 Å². The minimum Gasteiger partial charge on any atom is -0.468 e. The van der Waals surface area contributed by atoms with E-state index in [-0.39, 0.29) is 12.5 Å². The van der Waals surface area contributed by atoms with Crippen LogP contribution in [0.3, 0.4) is 0 Å². The Balaban J connectivity index is 2.14. The SMILES string of the molecule is COC(=O)C1NC2CC1C(F)(F)C2. The molecule has 1 aliphatic carbocycles. The maximum atomic E-state index is 13.1. The van der Waals surface area contributed by atoms with Crippen LogP contribution >= 0.6 is 0 Å². The molecule has 74 valence electrons. The Kier molecular flexibility index (Phi) is 1.80. The van der Waals surface area contributed by atoms with Gasteiger partial charge in [-0.3, -0.25) is 4.79 Å². The van der Waals surface area contributed by atoms with E-state index in [1.807, 2.05) is 0 Å². The van der Waals surface area contributed by atoms with Crippen molar-refractivity contribution in [2.75, 3.05) is 7.11 Å². The van der Waals surface area contributed by atoms with Gasteiger partial charge in [-0.25, -0.2) is 8.78 Å². The van der Waals surface area contributed by atoms with Gasteiger partial charge < -0.3 is 10.1 Å². The van der Waals surface area contributed by atoms with Crippen molar-refractivity contribution in [2.45, 2.75) is 30.8 Å². The lowest BCUT2D eigenvalue weighted by Crippen LogP contribution is -2.50. The zero-order valence-corrected chi connectivity index (χ0v) is 7.22. The summed E-state index contributed by atoms with van der Waals surface area (Å²) in [6, 6.07) is -1.03. The van der Waals surface area contributed by atoms with Crippen molar-refractivity contribution in [1.29, 1.82) is 0 Å². The lowest BCUT2D eigenvalue weighted by molar-refractivity contribution is -0.150. The van der Waals surface area contributed by atoms with Crippen molar-refractivity contribution < 1.29 is 18.3 Å². The molecule has 1 N–H and O–H groups in total. The molecule has 5 heteroatoms. The van der Waals surface area contributed by atoms with Gasteiger partial charge in [0.1, 0.15) is 6.04 Å². The van der Waals surface area contributed by atoms with E-state index in [1.54, 1.807) is 0 Å². The molecule has 3 atom stereocenters. The van der Waals surface area contributed by atoms with Gasteiger partial charge >= 0.3 is 5.97 Å². The van der Waals surface area contributed by atoms with E-state index >= 15 is 0 Å². The number of carbonyl (C=O) groups excluding carboxylic acids is 1. The first kappa shape index (κ1) is 8.87. The van der Waals surface area contributed by atoms with Gasteiger partial charge in [0.2, 0.25) is 0 Å². The molecule has 1 heterocycles. The third-order valence-corrected chi connectivity index (χ3v) is 2.87. The summed E-state index contributed by atoms with van der Waals surface area (Å²) in [4.78, 5) is 11.1. The maximum absolute atomic E-state index is 13.1. The molecule has 0 radical (unpaired) electrons. The van der Waals surface area contributed by atoms with Crippen molar-refractivity contribution in [1.82, 2.24) is 5.32 Å². The summed E-state index contributed by atoms with van der Waals surface area (Å²) in [5.74, 6) is -4.15. The van der Waals surface area contributed by atoms with Gasteiger partial charge in [0.05, 0.1) is 13.0 Å². The molecule has 0 aromatic rings. The Bertz CT molecular complexity index is 244. The quantitative estimate of drug-likeness (QED) is 0.615. The Hall–Kier alpha value is -0.710. The normalized spacial score (nSPS) is 40.7. The fourth-order valence-corrected chi connectivity index (χ4v) is 2.28. The highest BCUT2D eigenvalue weighted by atomic mass is 19.3. The van der Waals surface area contributed by atoms with Crippen LogP contribution in [0.25, 0.3) is 0 Å². The number of methoxy groups -OCH3 is 1. The zero-order valence-electron chi connectivity index (χ0n) is 7.22. The first-order valence-electron chi connectivity index (χ1n) is 4.26. The summed E-state index contributed by atoms with van der Waals surface area (Å²) < 4.78 is 30.7. The Morgan fingerprint density at radius 3 is 2.77 bits per heavy atom. The first-order chi connectivity index (χ1) is 6.04. The fraction of sp³-hybridized carbons (Fsp3) is 0.875. The highest BCUT2D eigenvalue weighted by molar-refractivity contribution is 5.77. The van der Waals surface area contributed by atoms with E-state index in [4.69, 9.17) is 0 Å². The summed E-state index contributed by atoms with van der Waals surface area (Å²) in [5.41, 5.74) is 0. The van der Waals surface area contributed by atoms with Crippen molar-refractivity contribution in [2.24, 2.45) is 5.92 Å². The number of ether oxygens (including phenoxy) is 1. The van der Waals surface area contributed by atoms with Gasteiger partial charge in [-0.2, -0.15) is 0 Å². The molecule has 0 spiro atoms. The van der Waals surface area contributed by atoms with Gasteiger partial charge in [-0.15, -0.1) is 0 Å². The maximum Gasteiger partial charge on any atom is 0.323 e. The molecule has 0 aromatic heterocycles. The van der Waals surface area contributed by atoms with E-state index in [0.29, 0.717) is 6.42 Å². The summed E-state index contributed by atoms with van der Waals surface area (Å²) in [6.45, 7) is 0. The average molecular weight is 191 g/mol. The third kappa shape index (κ3) is 1.22. The Morgan fingerprint density at radius 1 is 1.62 bits per heavy atom. The molecular formula is C8H11F2NO2. The van der Waals surface area contributed by atoms with Crippen LogP contribution in [0.2, 0.25) is 0 Å². The van der Waals surface area contributed by atoms with E-state index in [9.17, 15) is 13.6 Å². The summed E-state index contributed by atoms with van der Waals surface area (Å²) >= 11 is 0. The molecule has 1 aliphatic heterocycles. The number of carbonyl (C=O) groups is 1. The molecule has 2 bridgehead atoms. The topological polar surface area (TPSA) is 38.3 Å². The third-order valence-electron chi connectivity index (χ3n) is 2.87. The van der Waals surface area contributed by atoms with Crippen LogP contribution in [0.4, 0.5) is 8.78 Å². The fourth-order valence-electron chi connectivity index (χ4n) is 2.28. The standard InChI is InChI=1S/C8H11F2NO2/c1-13-7(12)6-5-2-4(11-6)3-8(5,9)10/h4-6,11H,2-3H2,1H3. The first-order valence-corrected chi connectivity index (χ1v) is 4.26. The van der Waals surface area contributed by atoms with Gasteiger partial charge in [0.15, 0.2) is 0 Å². The number of hydrogen-bond donors (Lipinski definition) is 1. The summed E-state index contributed by atoms with van der Waals surface area (Å²) in [5, 5.41) is 2.84. The zero-order chi connectivity index (χ0) is 9.64.